The van der Waals surface area contributed by atoms with E-state index in [1.807, 2.05) is 6.92 Å². The van der Waals surface area contributed by atoms with Crippen LogP contribution in [0.15, 0.2) is 24.3 Å². The second-order valence-electron chi connectivity index (χ2n) is 11.3. The van der Waals surface area contributed by atoms with Gasteiger partial charge >= 0.3 is 18.0 Å². The van der Waals surface area contributed by atoms with E-state index in [2.05, 4.69) is 10.3 Å². The second-order valence-corrected chi connectivity index (χ2v) is 11.3. The number of aromatic nitrogens is 1. The van der Waals surface area contributed by atoms with Gasteiger partial charge in [0.1, 0.15) is 23.5 Å². The third-order valence-electron chi connectivity index (χ3n) is 7.95. The summed E-state index contributed by atoms with van der Waals surface area (Å²) in [5, 5.41) is 22.5. The number of ether oxygens (including phenoxy) is 3. The van der Waals surface area contributed by atoms with Gasteiger partial charge in [0.25, 0.3) is 11.8 Å². The molecule has 3 N–H and O–H groups in total. The van der Waals surface area contributed by atoms with Gasteiger partial charge in [-0.2, -0.15) is 0 Å². The van der Waals surface area contributed by atoms with Crippen LogP contribution < -0.4 is 10.1 Å². The van der Waals surface area contributed by atoms with Crippen LogP contribution in [0.1, 0.15) is 42.2 Å². The van der Waals surface area contributed by atoms with Gasteiger partial charge < -0.3 is 44.4 Å². The Morgan fingerprint density at radius 1 is 1.06 bits per heavy atom. The Hall–Kier alpha value is -4.99. The highest BCUT2D eigenvalue weighted by Crippen LogP contribution is 2.27. The summed E-state index contributed by atoms with van der Waals surface area (Å²) >= 11 is 0. The Kier molecular flexibility index (Phi) is 11.5. The number of aryl methyl sites for hydroxylation is 1. The first kappa shape index (κ1) is 34.9. The minimum absolute atomic E-state index is 0.0308. The fourth-order valence-electron chi connectivity index (χ4n) is 5.52. The molecule has 0 saturated carbocycles. The van der Waals surface area contributed by atoms with Gasteiger partial charge in [-0.25, -0.2) is 14.6 Å². The van der Waals surface area contributed by atoms with E-state index in [4.69, 9.17) is 14.2 Å². The third kappa shape index (κ3) is 8.64. The molecule has 4 amide bonds. The number of nitrogens with one attached hydrogen (secondary N) is 1. The molecular formula is C31H39N5O11. The van der Waals surface area contributed by atoms with Crippen molar-refractivity contribution in [3.63, 3.8) is 0 Å². The summed E-state index contributed by atoms with van der Waals surface area (Å²) in [6.07, 6.45) is -1.94. The Morgan fingerprint density at radius 2 is 1.77 bits per heavy atom. The summed E-state index contributed by atoms with van der Waals surface area (Å²) in [5.74, 6) is -3.54. The molecule has 0 aliphatic carbocycles. The van der Waals surface area contributed by atoms with Gasteiger partial charge in [-0.05, 0) is 38.0 Å². The van der Waals surface area contributed by atoms with Crippen molar-refractivity contribution in [3.8, 4) is 5.75 Å². The minimum atomic E-state index is -1.20. The predicted molar refractivity (Wildman–Crippen MR) is 163 cm³/mol. The molecule has 0 radical (unpaired) electrons. The maximum Gasteiger partial charge on any atom is 0.409 e. The smallest absolute Gasteiger partial charge is 0.409 e. The number of pyridine rings is 1. The van der Waals surface area contributed by atoms with Gasteiger partial charge in [-0.15, -0.1) is 0 Å². The van der Waals surface area contributed by atoms with Crippen LogP contribution in [-0.2, 0) is 28.7 Å². The average Bonchev–Trinajstić information content (AvgIpc) is 3.45. The molecule has 16 heteroatoms. The van der Waals surface area contributed by atoms with E-state index in [0.29, 0.717) is 10.9 Å². The third-order valence-corrected chi connectivity index (χ3v) is 7.95. The van der Waals surface area contributed by atoms with Crippen molar-refractivity contribution >= 4 is 46.7 Å². The normalized spacial score (nSPS) is 18.4. The number of β-amino-alcohol motifs (C(OH)–C–C–N with tert-alkyl or cyclic N) is 1. The first-order valence-corrected chi connectivity index (χ1v) is 15.2. The Bertz CT molecular complexity index is 1520. The number of methoxy groups -OCH3 is 1. The van der Waals surface area contributed by atoms with Crippen LogP contribution in [0, 0.1) is 6.92 Å². The number of carboxylic acid groups (broad SMARTS) is 1. The number of carbonyl (C=O) groups is 6. The monoisotopic (exact) mass is 657 g/mol. The molecule has 2 aliphatic heterocycles. The summed E-state index contributed by atoms with van der Waals surface area (Å²) in [6, 6.07) is 4.37. The number of hydrogen-bond acceptors (Lipinski definition) is 11. The van der Waals surface area contributed by atoms with E-state index in [9.17, 15) is 39.0 Å². The van der Waals surface area contributed by atoms with Crippen molar-refractivity contribution in [2.45, 2.75) is 51.3 Å². The number of amides is 4. The highest BCUT2D eigenvalue weighted by atomic mass is 16.6. The molecule has 2 aromatic rings. The fraction of sp³-hybridized carbons (Fsp3) is 0.516. The summed E-state index contributed by atoms with van der Waals surface area (Å²) < 4.78 is 15.6. The second kappa shape index (κ2) is 15.5. The Labute approximate surface area is 270 Å². The zero-order chi connectivity index (χ0) is 34.2. The van der Waals surface area contributed by atoms with Gasteiger partial charge in [0.15, 0.2) is 6.61 Å². The number of piperazine rings is 1. The van der Waals surface area contributed by atoms with E-state index >= 15 is 0 Å². The fourth-order valence-corrected chi connectivity index (χ4v) is 5.52. The number of fused-ring (bicyclic) bond motifs is 1. The lowest BCUT2D eigenvalue weighted by atomic mass is 10.1. The molecule has 2 fully saturated rings. The number of carboxylic acids is 1. The van der Waals surface area contributed by atoms with Crippen molar-refractivity contribution < 1.29 is 53.2 Å². The maximum atomic E-state index is 13.5. The zero-order valence-corrected chi connectivity index (χ0v) is 26.5. The number of benzene rings is 1. The van der Waals surface area contributed by atoms with E-state index < -0.39 is 67.0 Å². The van der Waals surface area contributed by atoms with Crippen molar-refractivity contribution in [2.75, 3.05) is 53.0 Å². The number of aliphatic carboxylic acids is 1. The molecule has 1 aromatic heterocycles. The number of aliphatic hydroxyl groups excluding tert-OH is 1. The van der Waals surface area contributed by atoms with Crippen LogP contribution >= 0.6 is 0 Å². The van der Waals surface area contributed by atoms with Gasteiger partial charge in [0, 0.05) is 57.0 Å². The molecule has 3 atom stereocenters. The zero-order valence-electron chi connectivity index (χ0n) is 26.5. The number of hydrogen-bond donors (Lipinski definition) is 3. The number of carbonyl (C=O) groups excluding carboxylic acids is 5. The van der Waals surface area contributed by atoms with E-state index in [1.165, 1.54) is 27.9 Å². The lowest BCUT2D eigenvalue weighted by Crippen LogP contribution is -2.56. The standard InChI is InChI=1S/C31H39N5O11/c1-4-46-31(44)35-11-9-34(10-12-35)29(42)21(7-8-27(39)40)33-28(41)23-15-25(20-6-5-18(2)13-22(20)32-23)47-17-26(38)36-16-19(37)14-24(36)30(43)45-3/h5-6,13,15,19,21,24,37H,4,7-12,14,16-17H2,1-3H3,(H,33,41)(H,39,40)/t19-,21?,24?/m0/s1. The summed E-state index contributed by atoms with van der Waals surface area (Å²) in [7, 11) is 1.19. The van der Waals surface area contributed by atoms with Crippen molar-refractivity contribution in [3.05, 3.63) is 35.5 Å². The first-order valence-electron chi connectivity index (χ1n) is 15.2. The summed E-state index contributed by atoms with van der Waals surface area (Å²) in [4.78, 5) is 84.2. The Morgan fingerprint density at radius 3 is 2.43 bits per heavy atom. The van der Waals surface area contributed by atoms with Crippen LogP contribution in [-0.4, -0.2) is 137 Å². The largest absolute Gasteiger partial charge is 0.483 e. The lowest BCUT2D eigenvalue weighted by molar-refractivity contribution is -0.151. The SMILES string of the molecule is CCOC(=O)N1CCN(C(=O)C(CCC(=O)O)NC(=O)c2cc(OCC(=O)N3C[C@@H](O)CC3C(=O)OC)c3ccc(C)cc3n2)CC1. The van der Waals surface area contributed by atoms with Crippen LogP contribution in [0.3, 0.4) is 0 Å². The van der Waals surface area contributed by atoms with Crippen molar-refractivity contribution in [2.24, 2.45) is 0 Å². The Balaban J connectivity index is 1.53. The highest BCUT2D eigenvalue weighted by molar-refractivity contribution is 5.99. The molecule has 0 bridgehead atoms. The van der Waals surface area contributed by atoms with Crippen LogP contribution in [0.4, 0.5) is 4.79 Å². The highest BCUT2D eigenvalue weighted by Gasteiger charge is 2.40. The topological polar surface area (TPSA) is 205 Å². The molecular weight excluding hydrogens is 618 g/mol. The van der Waals surface area contributed by atoms with Gasteiger partial charge in [-0.3, -0.25) is 19.2 Å². The van der Waals surface area contributed by atoms with Gasteiger partial charge in [-0.1, -0.05) is 6.07 Å². The van der Waals surface area contributed by atoms with Crippen molar-refractivity contribution in [1.29, 1.82) is 0 Å². The summed E-state index contributed by atoms with van der Waals surface area (Å²) in [5.41, 5.74) is 1.05. The molecule has 47 heavy (non-hydrogen) atoms. The molecule has 16 nitrogen and oxygen atoms in total. The number of rotatable bonds is 11. The maximum absolute atomic E-state index is 13.5. The first-order chi connectivity index (χ1) is 22.4. The number of esters is 1. The van der Waals surface area contributed by atoms with Gasteiger partial charge in [0.05, 0.1) is 25.3 Å². The molecule has 254 valence electrons. The molecule has 0 spiro atoms. The number of likely N-dealkylation sites (tertiary alicyclic amines) is 1. The lowest BCUT2D eigenvalue weighted by Gasteiger charge is -2.35. The average molecular weight is 658 g/mol. The number of aliphatic hydroxyl groups is 1. The summed E-state index contributed by atoms with van der Waals surface area (Å²) in [6.45, 7) is 3.90. The minimum Gasteiger partial charge on any atom is -0.483 e. The predicted octanol–water partition coefficient (Wildman–Crippen LogP) is 0.321. The van der Waals surface area contributed by atoms with E-state index in [-0.39, 0.29) is 63.6 Å². The molecule has 2 saturated heterocycles. The van der Waals surface area contributed by atoms with Crippen LogP contribution in [0.2, 0.25) is 0 Å². The quantitative estimate of drug-likeness (QED) is 0.280. The van der Waals surface area contributed by atoms with E-state index in [1.54, 1.807) is 25.1 Å². The van der Waals surface area contributed by atoms with Crippen LogP contribution in [0.5, 0.6) is 5.75 Å². The molecule has 3 heterocycles. The molecule has 2 aliphatic rings. The number of nitrogens with zero attached hydrogens (tertiary/aromatic N) is 4. The molecule has 1 aromatic carbocycles. The van der Waals surface area contributed by atoms with E-state index in [0.717, 1.165) is 5.56 Å². The van der Waals surface area contributed by atoms with Crippen molar-refractivity contribution in [1.82, 2.24) is 25.0 Å². The molecule has 2 unspecified atom stereocenters. The van der Waals surface area contributed by atoms with Crippen LogP contribution in [0.25, 0.3) is 10.9 Å². The molecule has 4 rings (SSSR count). The van der Waals surface area contributed by atoms with Gasteiger partial charge in [0.2, 0.25) is 5.91 Å².